The van der Waals surface area contributed by atoms with E-state index in [9.17, 15) is 4.79 Å². The van der Waals surface area contributed by atoms with Gasteiger partial charge in [-0.2, -0.15) is 0 Å². The van der Waals surface area contributed by atoms with Gasteiger partial charge in [0.1, 0.15) is 5.75 Å². The fourth-order valence-corrected chi connectivity index (χ4v) is 2.99. The molecule has 24 heavy (non-hydrogen) atoms. The zero-order valence-corrected chi connectivity index (χ0v) is 14.6. The van der Waals surface area contributed by atoms with Crippen molar-refractivity contribution in [2.45, 2.75) is 25.2 Å². The molecule has 0 aliphatic heterocycles. The first-order valence-electron chi connectivity index (χ1n) is 7.98. The molecule has 1 aliphatic rings. The Hall–Kier alpha value is -2.20. The number of urea groups is 1. The first-order chi connectivity index (χ1) is 11.5. The Balaban J connectivity index is 1.62. The largest absolute Gasteiger partial charge is 0.495 e. The van der Waals surface area contributed by atoms with Crippen molar-refractivity contribution in [1.29, 1.82) is 0 Å². The van der Waals surface area contributed by atoms with Gasteiger partial charge in [0.25, 0.3) is 0 Å². The van der Waals surface area contributed by atoms with Gasteiger partial charge in [-0.1, -0.05) is 41.4 Å². The van der Waals surface area contributed by atoms with Crippen LogP contribution >= 0.6 is 11.6 Å². The minimum atomic E-state index is -0.256. The van der Waals surface area contributed by atoms with Crippen molar-refractivity contribution < 1.29 is 9.53 Å². The molecule has 0 bridgehead atoms. The lowest BCUT2D eigenvalue weighted by Gasteiger charge is -2.18. The van der Waals surface area contributed by atoms with Gasteiger partial charge in [-0.05, 0) is 43.5 Å². The molecule has 1 aliphatic carbocycles. The highest BCUT2D eigenvalue weighted by molar-refractivity contribution is 6.31. The van der Waals surface area contributed by atoms with Crippen LogP contribution in [0, 0.1) is 6.92 Å². The van der Waals surface area contributed by atoms with Gasteiger partial charge in [0.05, 0.1) is 12.8 Å². The number of benzene rings is 2. The Labute approximate surface area is 147 Å². The fourth-order valence-electron chi connectivity index (χ4n) is 2.82. The second-order valence-electron chi connectivity index (χ2n) is 6.30. The van der Waals surface area contributed by atoms with Crippen LogP contribution in [0.2, 0.25) is 5.02 Å². The maximum atomic E-state index is 12.2. The number of carbonyl (C=O) groups excluding carboxylic acids is 1. The van der Waals surface area contributed by atoms with Gasteiger partial charge in [0.2, 0.25) is 0 Å². The number of hydrogen-bond donors (Lipinski definition) is 2. The van der Waals surface area contributed by atoms with Crippen molar-refractivity contribution in [2.75, 3.05) is 19.0 Å². The monoisotopic (exact) mass is 344 g/mol. The number of carbonyl (C=O) groups is 1. The van der Waals surface area contributed by atoms with Crippen molar-refractivity contribution in [1.82, 2.24) is 5.32 Å². The second kappa shape index (κ2) is 6.73. The molecule has 0 atom stereocenters. The highest BCUT2D eigenvalue weighted by Crippen LogP contribution is 2.47. The summed E-state index contributed by atoms with van der Waals surface area (Å²) in [6, 6.07) is 13.4. The highest BCUT2D eigenvalue weighted by atomic mass is 35.5. The molecular weight excluding hydrogens is 324 g/mol. The predicted octanol–water partition coefficient (Wildman–Crippen LogP) is 4.51. The molecule has 0 saturated heterocycles. The lowest BCUT2D eigenvalue weighted by atomic mass is 9.95. The number of amides is 2. The maximum absolute atomic E-state index is 12.2. The minimum Gasteiger partial charge on any atom is -0.495 e. The number of ether oxygens (including phenoxy) is 1. The van der Waals surface area contributed by atoms with Gasteiger partial charge in [-0.25, -0.2) is 4.79 Å². The molecule has 0 unspecified atom stereocenters. The minimum absolute atomic E-state index is 0.0729. The third-order valence-electron chi connectivity index (χ3n) is 4.51. The number of methoxy groups -OCH3 is 1. The molecule has 2 N–H and O–H groups in total. The van der Waals surface area contributed by atoms with Gasteiger partial charge in [0.15, 0.2) is 0 Å². The van der Waals surface area contributed by atoms with Crippen molar-refractivity contribution in [3.63, 3.8) is 0 Å². The summed E-state index contributed by atoms with van der Waals surface area (Å²) in [5.41, 5.74) is 3.16. The molecule has 126 valence electrons. The van der Waals surface area contributed by atoms with Crippen molar-refractivity contribution in [3.05, 3.63) is 58.6 Å². The molecule has 0 aromatic heterocycles. The third-order valence-corrected chi connectivity index (χ3v) is 4.75. The summed E-state index contributed by atoms with van der Waals surface area (Å²) in [4.78, 5) is 12.2. The van der Waals surface area contributed by atoms with Gasteiger partial charge in [0, 0.05) is 17.0 Å². The predicted molar refractivity (Wildman–Crippen MR) is 97.1 cm³/mol. The third kappa shape index (κ3) is 3.65. The number of aryl methyl sites for hydroxylation is 1. The van der Waals surface area contributed by atoms with E-state index in [1.54, 1.807) is 25.3 Å². The topological polar surface area (TPSA) is 50.4 Å². The van der Waals surface area contributed by atoms with Crippen molar-refractivity contribution >= 4 is 23.3 Å². The van der Waals surface area contributed by atoms with Crippen molar-refractivity contribution in [2.24, 2.45) is 0 Å². The van der Waals surface area contributed by atoms with Crippen LogP contribution in [0.5, 0.6) is 5.75 Å². The molecule has 3 rings (SSSR count). The van der Waals surface area contributed by atoms with Crippen LogP contribution in [0.3, 0.4) is 0 Å². The van der Waals surface area contributed by atoms with Crippen LogP contribution < -0.4 is 15.4 Å². The molecule has 1 saturated carbocycles. The van der Waals surface area contributed by atoms with E-state index in [0.29, 0.717) is 23.0 Å². The van der Waals surface area contributed by atoms with Crippen LogP contribution in [0.25, 0.3) is 0 Å². The quantitative estimate of drug-likeness (QED) is 0.838. The van der Waals surface area contributed by atoms with Crippen LogP contribution in [0.1, 0.15) is 24.0 Å². The summed E-state index contributed by atoms with van der Waals surface area (Å²) in [5, 5.41) is 6.32. The molecule has 2 aromatic rings. The smallest absolute Gasteiger partial charge is 0.319 e. The summed E-state index contributed by atoms with van der Waals surface area (Å²) in [5.74, 6) is 0.578. The Bertz CT molecular complexity index is 740. The SMILES string of the molecule is COc1ccc(Cl)cc1NC(=O)NCC1(c2ccc(C)cc2)CC1. The first kappa shape index (κ1) is 16.7. The standard InChI is InChI=1S/C19H21ClN2O2/c1-13-3-5-14(6-4-13)19(9-10-19)12-21-18(23)22-16-11-15(20)7-8-17(16)24-2/h3-8,11H,9-10,12H2,1-2H3,(H2,21,22,23). The molecule has 0 heterocycles. The van der Waals surface area contributed by atoms with Crippen LogP contribution in [-0.2, 0) is 5.41 Å². The number of nitrogens with one attached hydrogen (secondary N) is 2. The van der Waals surface area contributed by atoms with E-state index in [-0.39, 0.29) is 11.4 Å². The van der Waals surface area contributed by atoms with E-state index in [2.05, 4.69) is 41.8 Å². The lowest BCUT2D eigenvalue weighted by Crippen LogP contribution is -2.35. The molecular formula is C19H21ClN2O2. The zero-order valence-electron chi connectivity index (χ0n) is 13.9. The number of hydrogen-bond acceptors (Lipinski definition) is 2. The number of rotatable bonds is 5. The molecule has 0 radical (unpaired) electrons. The average Bonchev–Trinajstić information content (AvgIpc) is 3.35. The summed E-state index contributed by atoms with van der Waals surface area (Å²) >= 11 is 5.98. The van der Waals surface area contributed by atoms with Crippen molar-refractivity contribution in [3.8, 4) is 5.75 Å². The van der Waals surface area contributed by atoms with Crippen LogP contribution in [0.4, 0.5) is 10.5 Å². The molecule has 2 amide bonds. The Morgan fingerprint density at radius 3 is 2.54 bits per heavy atom. The Kier molecular flexibility index (Phi) is 4.67. The number of anilines is 1. The maximum Gasteiger partial charge on any atom is 0.319 e. The summed E-state index contributed by atoms with van der Waals surface area (Å²) < 4.78 is 5.24. The van der Waals surface area contributed by atoms with Gasteiger partial charge in [-0.15, -0.1) is 0 Å². The summed E-state index contributed by atoms with van der Waals surface area (Å²) in [7, 11) is 1.56. The van der Waals surface area contributed by atoms with Crippen LogP contribution in [0.15, 0.2) is 42.5 Å². The van der Waals surface area contributed by atoms with Crippen LogP contribution in [-0.4, -0.2) is 19.7 Å². The van der Waals surface area contributed by atoms with Gasteiger partial charge in [-0.3, -0.25) is 0 Å². The van der Waals surface area contributed by atoms with E-state index < -0.39 is 0 Å². The summed E-state index contributed by atoms with van der Waals surface area (Å²) in [6.45, 7) is 2.69. The first-order valence-corrected chi connectivity index (χ1v) is 8.36. The molecule has 1 fully saturated rings. The fraction of sp³-hybridized carbons (Fsp3) is 0.316. The van der Waals surface area contributed by atoms with E-state index in [1.807, 2.05) is 0 Å². The van der Waals surface area contributed by atoms with Gasteiger partial charge >= 0.3 is 6.03 Å². The molecule has 4 nitrogen and oxygen atoms in total. The van der Waals surface area contributed by atoms with E-state index in [4.69, 9.17) is 16.3 Å². The Morgan fingerprint density at radius 1 is 1.21 bits per heavy atom. The highest BCUT2D eigenvalue weighted by Gasteiger charge is 2.44. The molecule has 0 spiro atoms. The second-order valence-corrected chi connectivity index (χ2v) is 6.74. The van der Waals surface area contributed by atoms with E-state index in [1.165, 1.54) is 11.1 Å². The Morgan fingerprint density at radius 2 is 1.92 bits per heavy atom. The van der Waals surface area contributed by atoms with E-state index >= 15 is 0 Å². The average molecular weight is 345 g/mol. The van der Waals surface area contributed by atoms with Gasteiger partial charge < -0.3 is 15.4 Å². The summed E-state index contributed by atoms with van der Waals surface area (Å²) in [6.07, 6.45) is 2.19. The molecule has 5 heteroatoms. The lowest BCUT2D eigenvalue weighted by molar-refractivity contribution is 0.251. The molecule has 2 aromatic carbocycles. The number of halogens is 1. The zero-order chi connectivity index (χ0) is 17.2. The van der Waals surface area contributed by atoms with E-state index in [0.717, 1.165) is 12.8 Å². The normalized spacial score (nSPS) is 14.8.